The molecule has 7 rings (SSSR count). The largest absolute Gasteiger partial charge is 0.508 e. The summed E-state index contributed by atoms with van der Waals surface area (Å²) in [5.74, 6) is 1.50. The number of methoxy groups -OCH3 is 1. The summed E-state index contributed by atoms with van der Waals surface area (Å²) in [4.78, 5) is 20.8. The molecular formula is C31H30N2O4. The van der Waals surface area contributed by atoms with Gasteiger partial charge in [-0.15, -0.1) is 6.58 Å². The fraction of sp³-hybridized carbons (Fsp3) is 0.290. The summed E-state index contributed by atoms with van der Waals surface area (Å²) < 4.78 is 12.0. The van der Waals surface area contributed by atoms with Crippen LogP contribution in [0, 0.1) is 11.8 Å². The highest BCUT2D eigenvalue weighted by molar-refractivity contribution is 6.05. The Morgan fingerprint density at radius 3 is 2.84 bits per heavy atom. The fourth-order valence-corrected chi connectivity index (χ4v) is 6.19. The Hall–Kier alpha value is -3.90. The van der Waals surface area contributed by atoms with Crippen LogP contribution in [-0.4, -0.2) is 47.2 Å². The molecule has 3 aliphatic heterocycles. The van der Waals surface area contributed by atoms with Crippen molar-refractivity contribution in [1.29, 1.82) is 0 Å². The van der Waals surface area contributed by atoms with E-state index >= 15 is 0 Å². The van der Waals surface area contributed by atoms with Crippen molar-refractivity contribution >= 4 is 27.6 Å². The van der Waals surface area contributed by atoms with Gasteiger partial charge in [-0.25, -0.2) is 4.79 Å². The standard InChI is InChI=1S/C31H30N2O4/c1-3-19-18-33-14-12-20(19)16-29(33)30(25-11-13-32-28-10-8-23(36-2)17-27(25)28)37-31(35)26-6-4-5-21-15-22(34)7-9-24(21)26/h3-11,13,15,17,19-20,29-30,34H,1,12,14,16,18H2,2H3/t19-,20-,29-,30+/m0/s1. The van der Waals surface area contributed by atoms with Gasteiger partial charge in [0.15, 0.2) is 0 Å². The first-order valence-electron chi connectivity index (χ1n) is 12.8. The topological polar surface area (TPSA) is 71.9 Å². The summed E-state index contributed by atoms with van der Waals surface area (Å²) in [6, 6.07) is 18.3. The van der Waals surface area contributed by atoms with Crippen LogP contribution in [0.15, 0.2) is 79.5 Å². The molecule has 3 fully saturated rings. The molecule has 0 spiro atoms. The zero-order chi connectivity index (χ0) is 25.5. The first-order valence-corrected chi connectivity index (χ1v) is 12.8. The summed E-state index contributed by atoms with van der Waals surface area (Å²) in [5, 5.41) is 12.4. The third-order valence-electron chi connectivity index (χ3n) is 8.11. The molecule has 2 bridgehead atoms. The lowest BCUT2D eigenvalue weighted by Gasteiger charge is -2.51. The minimum atomic E-state index is -0.481. The Bertz CT molecular complexity index is 1500. The van der Waals surface area contributed by atoms with Gasteiger partial charge in [-0.2, -0.15) is 0 Å². The second-order valence-corrected chi connectivity index (χ2v) is 10.1. The van der Waals surface area contributed by atoms with Crippen LogP contribution in [0.3, 0.4) is 0 Å². The summed E-state index contributed by atoms with van der Waals surface area (Å²) in [7, 11) is 1.65. The molecule has 4 heterocycles. The highest BCUT2D eigenvalue weighted by atomic mass is 16.5. The van der Waals surface area contributed by atoms with Gasteiger partial charge >= 0.3 is 5.97 Å². The number of pyridine rings is 1. The molecule has 3 aliphatic rings. The molecule has 0 saturated carbocycles. The third-order valence-corrected chi connectivity index (χ3v) is 8.11. The average molecular weight is 495 g/mol. The lowest BCUT2D eigenvalue weighted by atomic mass is 9.73. The second kappa shape index (κ2) is 9.52. The van der Waals surface area contributed by atoms with Gasteiger partial charge in [0.1, 0.15) is 17.6 Å². The molecule has 1 unspecified atom stereocenters. The van der Waals surface area contributed by atoms with Gasteiger partial charge in [-0.3, -0.25) is 9.88 Å². The van der Waals surface area contributed by atoms with E-state index in [1.165, 1.54) is 0 Å². The van der Waals surface area contributed by atoms with Crippen molar-refractivity contribution in [2.45, 2.75) is 25.0 Å². The number of carbonyl (C=O) groups excluding carboxylic acids is 1. The van der Waals surface area contributed by atoms with Crippen molar-refractivity contribution in [2.24, 2.45) is 11.8 Å². The summed E-state index contributed by atoms with van der Waals surface area (Å²) in [6.07, 6.45) is 5.45. The molecule has 0 aliphatic carbocycles. The van der Waals surface area contributed by atoms with Crippen LogP contribution in [-0.2, 0) is 4.74 Å². The number of aromatic nitrogens is 1. The SMILES string of the molecule is C=C[C@H]1CN2CC[C@H]1C[C@H]2[C@H](OC(=O)c1cccc2cc(O)ccc12)c1ccnc2ccc(OC)cc12. The maximum absolute atomic E-state index is 13.8. The number of fused-ring (bicyclic) bond motifs is 5. The number of esters is 1. The van der Waals surface area contributed by atoms with Crippen molar-refractivity contribution in [2.75, 3.05) is 20.2 Å². The number of piperidine rings is 3. The highest BCUT2D eigenvalue weighted by Crippen LogP contribution is 2.44. The molecule has 37 heavy (non-hydrogen) atoms. The van der Waals surface area contributed by atoms with Gasteiger partial charge in [0.05, 0.1) is 24.2 Å². The molecule has 4 aromatic rings. The number of rotatable bonds is 6. The number of hydrogen-bond donors (Lipinski definition) is 1. The number of nitrogens with zero attached hydrogens (tertiary/aromatic N) is 2. The number of aromatic hydroxyl groups is 1. The van der Waals surface area contributed by atoms with Crippen LogP contribution in [0.4, 0.5) is 0 Å². The van der Waals surface area contributed by atoms with Crippen LogP contribution in [0.25, 0.3) is 21.7 Å². The molecule has 6 nitrogen and oxygen atoms in total. The van der Waals surface area contributed by atoms with Crippen molar-refractivity contribution in [3.05, 3.63) is 90.6 Å². The van der Waals surface area contributed by atoms with Crippen LogP contribution < -0.4 is 4.74 Å². The van der Waals surface area contributed by atoms with Gasteiger partial charge in [0.2, 0.25) is 0 Å². The maximum atomic E-state index is 13.8. The zero-order valence-corrected chi connectivity index (χ0v) is 20.8. The van der Waals surface area contributed by atoms with Crippen LogP contribution >= 0.6 is 0 Å². The van der Waals surface area contributed by atoms with E-state index in [4.69, 9.17) is 9.47 Å². The number of carbonyl (C=O) groups is 1. The number of ether oxygens (including phenoxy) is 2. The molecule has 6 heteroatoms. The minimum absolute atomic E-state index is 0.0507. The first-order chi connectivity index (χ1) is 18.1. The smallest absolute Gasteiger partial charge is 0.339 e. The predicted molar refractivity (Wildman–Crippen MR) is 144 cm³/mol. The molecule has 0 radical (unpaired) electrons. The van der Waals surface area contributed by atoms with Crippen molar-refractivity contribution in [3.8, 4) is 11.5 Å². The van der Waals surface area contributed by atoms with E-state index in [2.05, 4.69) is 22.5 Å². The molecular weight excluding hydrogens is 464 g/mol. The van der Waals surface area contributed by atoms with Gasteiger partial charge in [0, 0.05) is 23.7 Å². The van der Waals surface area contributed by atoms with E-state index < -0.39 is 6.10 Å². The Balaban J connectivity index is 1.44. The van der Waals surface area contributed by atoms with E-state index in [-0.39, 0.29) is 17.8 Å². The Morgan fingerprint density at radius 2 is 2.05 bits per heavy atom. The van der Waals surface area contributed by atoms with Gasteiger partial charge in [0.25, 0.3) is 0 Å². The number of hydrogen-bond acceptors (Lipinski definition) is 6. The normalized spacial score (nSPS) is 23.6. The third kappa shape index (κ3) is 4.21. The molecule has 188 valence electrons. The van der Waals surface area contributed by atoms with Gasteiger partial charge in [-0.1, -0.05) is 18.2 Å². The lowest BCUT2D eigenvalue weighted by molar-refractivity contribution is -0.0567. The summed E-state index contributed by atoms with van der Waals surface area (Å²) in [5.41, 5.74) is 2.25. The second-order valence-electron chi connectivity index (χ2n) is 10.1. The van der Waals surface area contributed by atoms with Crippen molar-refractivity contribution < 1.29 is 19.4 Å². The zero-order valence-electron chi connectivity index (χ0n) is 20.8. The number of phenolic OH excluding ortho intramolecular Hbond substituents is 1. The van der Waals surface area contributed by atoms with E-state index in [1.807, 2.05) is 36.4 Å². The quantitative estimate of drug-likeness (QED) is 0.266. The molecule has 1 aromatic heterocycles. The van der Waals surface area contributed by atoms with Gasteiger partial charge in [-0.05, 0) is 90.5 Å². The lowest BCUT2D eigenvalue weighted by Crippen LogP contribution is -2.55. The minimum Gasteiger partial charge on any atom is -0.508 e. The fourth-order valence-electron chi connectivity index (χ4n) is 6.19. The van der Waals surface area contributed by atoms with E-state index in [1.54, 1.807) is 37.6 Å². The monoisotopic (exact) mass is 494 g/mol. The van der Waals surface area contributed by atoms with Crippen molar-refractivity contribution in [3.63, 3.8) is 0 Å². The predicted octanol–water partition coefficient (Wildman–Crippen LogP) is 5.90. The first kappa shape index (κ1) is 23.5. The van der Waals surface area contributed by atoms with Crippen LogP contribution in [0.2, 0.25) is 0 Å². The Morgan fingerprint density at radius 1 is 1.16 bits per heavy atom. The van der Waals surface area contributed by atoms with Gasteiger partial charge < -0.3 is 14.6 Å². The molecule has 3 saturated heterocycles. The van der Waals surface area contributed by atoms with Crippen molar-refractivity contribution in [1.82, 2.24) is 9.88 Å². The Kier molecular flexibility index (Phi) is 6.05. The van der Waals surface area contributed by atoms with E-state index in [0.717, 1.165) is 58.9 Å². The molecule has 3 aromatic carbocycles. The number of benzene rings is 3. The van der Waals surface area contributed by atoms with E-state index in [0.29, 0.717) is 17.4 Å². The average Bonchev–Trinajstić information content (AvgIpc) is 2.94. The van der Waals surface area contributed by atoms with Crippen LogP contribution in [0.5, 0.6) is 11.5 Å². The molecule has 5 atom stereocenters. The molecule has 0 amide bonds. The van der Waals surface area contributed by atoms with Crippen LogP contribution in [0.1, 0.15) is 34.9 Å². The van der Waals surface area contributed by atoms with E-state index in [9.17, 15) is 9.90 Å². The highest BCUT2D eigenvalue weighted by Gasteiger charge is 2.44. The maximum Gasteiger partial charge on any atom is 0.339 e. The summed E-state index contributed by atoms with van der Waals surface area (Å²) >= 11 is 0. The number of phenols is 1. The Labute approximate surface area is 216 Å². The molecule has 1 N–H and O–H groups in total. The summed E-state index contributed by atoms with van der Waals surface area (Å²) in [6.45, 7) is 5.97.